The van der Waals surface area contributed by atoms with Crippen molar-refractivity contribution in [3.05, 3.63) is 35.6 Å². The zero-order chi connectivity index (χ0) is 17.1. The fourth-order valence-electron chi connectivity index (χ4n) is 5.92. The van der Waals surface area contributed by atoms with Gasteiger partial charge in [0, 0.05) is 6.20 Å². The molecule has 2 unspecified atom stereocenters. The number of aromatic nitrogens is 4. The summed E-state index contributed by atoms with van der Waals surface area (Å²) in [6, 6.07) is 3.75. The normalized spacial score (nSPS) is 35.7. The molecule has 4 saturated carbocycles. The molecule has 1 amide bonds. The molecule has 0 aliphatic heterocycles. The SMILES string of the molecule is O=C(Nc1cccnc1)C12C[C@H]3C[C@@H](C1)CC(n1cnc(Br)n1)(C3)C2. The molecule has 0 radical (unpaired) electrons. The van der Waals surface area contributed by atoms with E-state index in [1.165, 1.54) is 6.42 Å². The van der Waals surface area contributed by atoms with Crippen molar-refractivity contribution in [3.8, 4) is 0 Å². The van der Waals surface area contributed by atoms with Gasteiger partial charge in [-0.15, -0.1) is 5.10 Å². The van der Waals surface area contributed by atoms with E-state index in [-0.39, 0.29) is 16.9 Å². The first-order chi connectivity index (χ1) is 12.1. The maximum absolute atomic E-state index is 13.3. The third kappa shape index (κ3) is 2.43. The number of nitrogens with zero attached hydrogens (tertiary/aromatic N) is 4. The van der Waals surface area contributed by atoms with Gasteiger partial charge in [-0.05, 0) is 78.4 Å². The van der Waals surface area contributed by atoms with Gasteiger partial charge < -0.3 is 5.32 Å². The molecule has 0 aromatic carbocycles. The van der Waals surface area contributed by atoms with Crippen LogP contribution in [0, 0.1) is 17.3 Å². The number of carbonyl (C=O) groups excluding carboxylic acids is 1. The van der Waals surface area contributed by atoms with Crippen LogP contribution >= 0.6 is 15.9 Å². The summed E-state index contributed by atoms with van der Waals surface area (Å²) in [6.45, 7) is 0. The van der Waals surface area contributed by atoms with Crippen LogP contribution in [-0.2, 0) is 10.3 Å². The van der Waals surface area contributed by atoms with Crippen LogP contribution in [0.2, 0.25) is 0 Å². The molecule has 1 N–H and O–H groups in total. The second-order valence-corrected chi connectivity index (χ2v) is 8.83. The molecule has 25 heavy (non-hydrogen) atoms. The van der Waals surface area contributed by atoms with Crippen molar-refractivity contribution in [2.45, 2.75) is 44.1 Å². The van der Waals surface area contributed by atoms with E-state index in [9.17, 15) is 4.79 Å². The summed E-state index contributed by atoms with van der Waals surface area (Å²) in [4.78, 5) is 21.6. The van der Waals surface area contributed by atoms with E-state index in [0.29, 0.717) is 16.6 Å². The molecule has 4 fully saturated rings. The quantitative estimate of drug-likeness (QED) is 0.855. The topological polar surface area (TPSA) is 72.7 Å². The van der Waals surface area contributed by atoms with Crippen molar-refractivity contribution in [2.75, 3.05) is 5.32 Å². The molecule has 4 aliphatic carbocycles. The average Bonchev–Trinajstić information content (AvgIpc) is 3.02. The number of hydrogen-bond acceptors (Lipinski definition) is 4. The molecular formula is C18H20BrN5O. The van der Waals surface area contributed by atoms with Crippen LogP contribution in [0.3, 0.4) is 0 Å². The Hall–Kier alpha value is -1.76. The predicted octanol–water partition coefficient (Wildman–Crippen LogP) is 3.37. The van der Waals surface area contributed by atoms with Crippen LogP contribution in [-0.4, -0.2) is 25.7 Å². The number of halogens is 1. The Labute approximate surface area is 154 Å². The summed E-state index contributed by atoms with van der Waals surface area (Å²) in [5.41, 5.74) is 0.425. The van der Waals surface area contributed by atoms with Gasteiger partial charge in [0.05, 0.1) is 22.8 Å². The van der Waals surface area contributed by atoms with Gasteiger partial charge in [-0.2, -0.15) is 0 Å². The largest absolute Gasteiger partial charge is 0.324 e. The highest BCUT2D eigenvalue weighted by atomic mass is 79.9. The van der Waals surface area contributed by atoms with E-state index in [2.05, 4.69) is 36.3 Å². The number of carbonyl (C=O) groups is 1. The van der Waals surface area contributed by atoms with Crippen LogP contribution < -0.4 is 5.32 Å². The van der Waals surface area contributed by atoms with Gasteiger partial charge in [0.15, 0.2) is 0 Å². The summed E-state index contributed by atoms with van der Waals surface area (Å²) < 4.78 is 2.65. The second kappa shape index (κ2) is 5.37. The highest BCUT2D eigenvalue weighted by Crippen LogP contribution is 2.64. The summed E-state index contributed by atoms with van der Waals surface area (Å²) in [5, 5.41) is 7.67. The number of nitrogens with one attached hydrogen (secondary N) is 1. The molecule has 130 valence electrons. The second-order valence-electron chi connectivity index (χ2n) is 8.12. The van der Waals surface area contributed by atoms with E-state index < -0.39 is 0 Å². The Bertz CT molecular complexity index is 806. The van der Waals surface area contributed by atoms with Gasteiger partial charge in [0.2, 0.25) is 10.6 Å². The first-order valence-corrected chi connectivity index (χ1v) is 9.65. The van der Waals surface area contributed by atoms with Crippen LogP contribution in [0.15, 0.2) is 35.6 Å². The Morgan fingerprint density at radius 3 is 2.72 bits per heavy atom. The number of anilines is 1. The first-order valence-electron chi connectivity index (χ1n) is 8.86. The third-order valence-corrected chi connectivity index (χ3v) is 6.74. The molecule has 2 aromatic heterocycles. The highest BCUT2D eigenvalue weighted by Gasteiger charge is 2.61. The minimum absolute atomic E-state index is 0.0601. The Kier molecular flexibility index (Phi) is 3.33. The molecule has 4 atom stereocenters. The Morgan fingerprint density at radius 2 is 2.08 bits per heavy atom. The molecule has 0 saturated heterocycles. The van der Waals surface area contributed by atoms with Crippen LogP contribution in [0.1, 0.15) is 38.5 Å². The fraction of sp³-hybridized carbons (Fsp3) is 0.556. The minimum Gasteiger partial charge on any atom is -0.324 e. The zero-order valence-electron chi connectivity index (χ0n) is 13.9. The van der Waals surface area contributed by atoms with E-state index >= 15 is 0 Å². The van der Waals surface area contributed by atoms with Crippen LogP contribution in [0.25, 0.3) is 0 Å². The van der Waals surface area contributed by atoms with Crippen molar-refractivity contribution in [2.24, 2.45) is 17.3 Å². The van der Waals surface area contributed by atoms with E-state index in [4.69, 9.17) is 0 Å². The maximum atomic E-state index is 13.3. The van der Waals surface area contributed by atoms with Crippen molar-refractivity contribution in [1.82, 2.24) is 19.7 Å². The summed E-state index contributed by atoms with van der Waals surface area (Å²) >= 11 is 3.37. The maximum Gasteiger partial charge on any atom is 0.230 e. The summed E-state index contributed by atoms with van der Waals surface area (Å²) in [6.07, 6.45) is 11.6. The lowest BCUT2D eigenvalue weighted by Gasteiger charge is -2.60. The van der Waals surface area contributed by atoms with Gasteiger partial charge in [-0.3, -0.25) is 9.78 Å². The smallest absolute Gasteiger partial charge is 0.230 e. The van der Waals surface area contributed by atoms with Crippen LogP contribution in [0.4, 0.5) is 5.69 Å². The molecule has 2 heterocycles. The molecular weight excluding hydrogens is 382 g/mol. The van der Waals surface area contributed by atoms with Crippen molar-refractivity contribution in [1.29, 1.82) is 0 Å². The van der Waals surface area contributed by atoms with Crippen LogP contribution in [0.5, 0.6) is 0 Å². The lowest BCUT2D eigenvalue weighted by atomic mass is 9.46. The monoisotopic (exact) mass is 401 g/mol. The first kappa shape index (κ1) is 15.5. The third-order valence-electron chi connectivity index (χ3n) is 6.38. The lowest BCUT2D eigenvalue weighted by molar-refractivity contribution is -0.150. The van der Waals surface area contributed by atoms with Gasteiger partial charge in [0.1, 0.15) is 6.33 Å². The zero-order valence-corrected chi connectivity index (χ0v) is 15.4. The van der Waals surface area contributed by atoms with Crippen molar-refractivity contribution < 1.29 is 4.79 Å². The highest BCUT2D eigenvalue weighted by molar-refractivity contribution is 9.10. The molecule has 6 rings (SSSR count). The number of rotatable bonds is 3. The molecule has 6 nitrogen and oxygen atoms in total. The molecule has 7 heteroatoms. The summed E-state index contributed by atoms with van der Waals surface area (Å²) in [5.74, 6) is 1.35. The number of hydrogen-bond donors (Lipinski definition) is 1. The Morgan fingerprint density at radius 1 is 1.28 bits per heavy atom. The average molecular weight is 402 g/mol. The van der Waals surface area contributed by atoms with Gasteiger partial charge in [-0.1, -0.05) is 0 Å². The minimum atomic E-state index is -0.293. The molecule has 2 aromatic rings. The Balaban J connectivity index is 1.48. The van der Waals surface area contributed by atoms with E-state index in [1.807, 2.05) is 23.1 Å². The van der Waals surface area contributed by atoms with E-state index in [1.54, 1.807) is 12.4 Å². The summed E-state index contributed by atoms with van der Waals surface area (Å²) in [7, 11) is 0. The number of amides is 1. The fourth-order valence-corrected chi connectivity index (χ4v) is 6.18. The van der Waals surface area contributed by atoms with Gasteiger partial charge in [-0.25, -0.2) is 9.67 Å². The standard InChI is InChI=1S/C18H20BrN5O/c19-16-21-11-24(23-16)18-7-12-4-13(8-18)6-17(5-12,10-18)15(25)22-14-2-1-3-20-9-14/h1-3,9,11-13H,4-8,10H2,(H,22,25)/t12-,13+,17?,18?. The molecule has 4 aliphatic rings. The van der Waals surface area contributed by atoms with Crippen molar-refractivity contribution in [3.63, 3.8) is 0 Å². The van der Waals surface area contributed by atoms with Gasteiger partial charge >= 0.3 is 0 Å². The molecule has 0 spiro atoms. The predicted molar refractivity (Wildman–Crippen MR) is 95.7 cm³/mol. The van der Waals surface area contributed by atoms with E-state index in [0.717, 1.165) is 37.8 Å². The molecule has 4 bridgehead atoms. The van der Waals surface area contributed by atoms with Gasteiger partial charge in [0.25, 0.3) is 0 Å². The van der Waals surface area contributed by atoms with Crippen molar-refractivity contribution >= 4 is 27.5 Å². The lowest BCUT2D eigenvalue weighted by Crippen LogP contribution is -2.60. The number of pyridine rings is 1.